The zero-order valence-electron chi connectivity index (χ0n) is 14.4. The van der Waals surface area contributed by atoms with Crippen molar-refractivity contribution in [3.63, 3.8) is 0 Å². The van der Waals surface area contributed by atoms with Crippen molar-refractivity contribution < 1.29 is 13.6 Å². The van der Waals surface area contributed by atoms with Gasteiger partial charge in [0, 0.05) is 22.9 Å². The van der Waals surface area contributed by atoms with Crippen LogP contribution in [0.25, 0.3) is 33.1 Å². The van der Waals surface area contributed by atoms with Crippen LogP contribution in [0.4, 0.5) is 0 Å². The highest BCUT2D eigenvalue weighted by molar-refractivity contribution is 5.88. The smallest absolute Gasteiger partial charge is 0.344 e. The molecule has 4 aromatic rings. The van der Waals surface area contributed by atoms with Gasteiger partial charge in [-0.15, -0.1) is 0 Å². The van der Waals surface area contributed by atoms with Crippen molar-refractivity contribution in [3.05, 3.63) is 74.9 Å². The maximum atomic E-state index is 12.5. The second-order valence-electron chi connectivity index (χ2n) is 6.04. The van der Waals surface area contributed by atoms with E-state index in [0.717, 1.165) is 16.3 Å². The number of fused-ring (bicyclic) bond motifs is 2. The molecule has 0 amide bonds. The third kappa shape index (κ3) is 2.77. The molecule has 2 heterocycles. The molecule has 0 unspecified atom stereocenters. The molecule has 0 saturated heterocycles. The molecule has 2 aromatic heterocycles. The van der Waals surface area contributed by atoms with E-state index in [1.807, 2.05) is 32.0 Å². The Hall–Kier alpha value is -3.34. The fourth-order valence-electron chi connectivity index (χ4n) is 3.04. The van der Waals surface area contributed by atoms with Crippen LogP contribution in [0.15, 0.2) is 67.0 Å². The van der Waals surface area contributed by atoms with E-state index in [0.29, 0.717) is 34.6 Å². The Morgan fingerprint density at radius 3 is 2.58 bits per heavy atom. The normalized spacial score (nSPS) is 11.2. The van der Waals surface area contributed by atoms with Crippen molar-refractivity contribution in [2.24, 2.45) is 0 Å². The van der Waals surface area contributed by atoms with Gasteiger partial charge in [0.2, 0.25) is 0 Å². The average Bonchev–Trinajstić information content (AvgIpc) is 2.61. The van der Waals surface area contributed by atoms with E-state index in [2.05, 4.69) is 0 Å². The summed E-state index contributed by atoms with van der Waals surface area (Å²) in [7, 11) is 0. The number of hydrogen-bond acceptors (Lipinski definition) is 5. The predicted molar refractivity (Wildman–Crippen MR) is 99.9 cm³/mol. The lowest BCUT2D eigenvalue weighted by atomic mass is 10.0. The number of ether oxygens (including phenoxy) is 1. The minimum Gasteiger partial charge on any atom is -0.494 e. The van der Waals surface area contributed by atoms with Crippen molar-refractivity contribution in [2.75, 3.05) is 6.61 Å². The molecule has 0 N–H and O–H groups in total. The molecule has 5 nitrogen and oxygen atoms in total. The van der Waals surface area contributed by atoms with Gasteiger partial charge in [-0.2, -0.15) is 0 Å². The van der Waals surface area contributed by atoms with Gasteiger partial charge in [0.1, 0.15) is 16.9 Å². The zero-order valence-corrected chi connectivity index (χ0v) is 14.4. The molecule has 0 atom stereocenters. The van der Waals surface area contributed by atoms with Crippen LogP contribution in [0.3, 0.4) is 0 Å². The van der Waals surface area contributed by atoms with Crippen LogP contribution in [0.1, 0.15) is 12.5 Å². The summed E-state index contributed by atoms with van der Waals surface area (Å²) in [5.41, 5.74) is 2.11. The summed E-state index contributed by atoms with van der Waals surface area (Å²) in [5, 5.41) is 1.59. The van der Waals surface area contributed by atoms with Crippen molar-refractivity contribution in [2.45, 2.75) is 13.8 Å². The highest BCUT2D eigenvalue weighted by Gasteiger charge is 2.11. The molecule has 26 heavy (non-hydrogen) atoms. The minimum absolute atomic E-state index is 0.391. The Bertz CT molecular complexity index is 1250. The molecule has 130 valence electrons. The van der Waals surface area contributed by atoms with E-state index in [1.165, 1.54) is 6.07 Å². The maximum absolute atomic E-state index is 12.5. The van der Waals surface area contributed by atoms with Gasteiger partial charge < -0.3 is 13.6 Å². The van der Waals surface area contributed by atoms with Crippen LogP contribution in [0, 0.1) is 6.92 Å². The largest absolute Gasteiger partial charge is 0.494 e. The van der Waals surface area contributed by atoms with Crippen LogP contribution in [-0.2, 0) is 0 Å². The second-order valence-corrected chi connectivity index (χ2v) is 6.04. The summed E-state index contributed by atoms with van der Waals surface area (Å²) in [5.74, 6) is 0.659. The molecule has 0 aliphatic rings. The summed E-state index contributed by atoms with van der Waals surface area (Å²) >= 11 is 0. The van der Waals surface area contributed by atoms with Gasteiger partial charge in [-0.25, -0.2) is 9.59 Å². The van der Waals surface area contributed by atoms with E-state index in [-0.39, 0.29) is 0 Å². The molecule has 0 radical (unpaired) electrons. The molecule has 0 spiro atoms. The van der Waals surface area contributed by atoms with Gasteiger partial charge in [0.05, 0.1) is 12.2 Å². The standard InChI is InChI=1S/C21H16O5/c1-3-24-15-6-4-14-10-17(21(23)26-19(14)11-15)13-5-7-18-16(9-13)12(2)8-20(22)25-18/h4-11H,3H2,1-2H3. The monoisotopic (exact) mass is 348 g/mol. The van der Waals surface area contributed by atoms with Crippen LogP contribution in [0.5, 0.6) is 5.75 Å². The molecule has 2 aromatic carbocycles. The molecule has 4 rings (SSSR count). The summed E-state index contributed by atoms with van der Waals surface area (Å²) in [6.45, 7) is 4.27. The molecule has 0 fully saturated rings. The Balaban J connectivity index is 1.89. The van der Waals surface area contributed by atoms with Crippen molar-refractivity contribution in [3.8, 4) is 16.9 Å². The predicted octanol–water partition coefficient (Wildman–Crippen LogP) is 4.27. The number of benzene rings is 2. The zero-order chi connectivity index (χ0) is 18.3. The van der Waals surface area contributed by atoms with E-state index in [1.54, 1.807) is 24.3 Å². The highest BCUT2D eigenvalue weighted by atomic mass is 16.5. The number of aryl methyl sites for hydroxylation is 1. The van der Waals surface area contributed by atoms with Gasteiger partial charge in [-0.05, 0) is 55.3 Å². The Labute approximate surface area is 148 Å². The Morgan fingerprint density at radius 1 is 0.923 bits per heavy atom. The second kappa shape index (κ2) is 6.19. The minimum atomic E-state index is -0.430. The topological polar surface area (TPSA) is 69.7 Å². The first kappa shape index (κ1) is 16.1. The number of hydrogen-bond donors (Lipinski definition) is 0. The third-order valence-corrected chi connectivity index (χ3v) is 4.28. The van der Waals surface area contributed by atoms with Gasteiger partial charge >= 0.3 is 11.3 Å². The van der Waals surface area contributed by atoms with Crippen molar-refractivity contribution in [1.29, 1.82) is 0 Å². The summed E-state index contributed by atoms with van der Waals surface area (Å²) in [6, 6.07) is 13.9. The lowest BCUT2D eigenvalue weighted by Gasteiger charge is -2.07. The fourth-order valence-corrected chi connectivity index (χ4v) is 3.04. The van der Waals surface area contributed by atoms with Gasteiger partial charge in [0.15, 0.2) is 0 Å². The SMILES string of the molecule is CCOc1ccc2cc(-c3ccc4oc(=O)cc(C)c4c3)c(=O)oc2c1. The van der Waals surface area contributed by atoms with Crippen LogP contribution in [-0.4, -0.2) is 6.61 Å². The van der Waals surface area contributed by atoms with Crippen LogP contribution >= 0.6 is 0 Å². The summed E-state index contributed by atoms with van der Waals surface area (Å²) < 4.78 is 16.1. The first-order chi connectivity index (χ1) is 12.5. The van der Waals surface area contributed by atoms with E-state index >= 15 is 0 Å². The fraction of sp³-hybridized carbons (Fsp3) is 0.143. The van der Waals surface area contributed by atoms with Crippen molar-refractivity contribution in [1.82, 2.24) is 0 Å². The molecular formula is C21H16O5. The third-order valence-electron chi connectivity index (χ3n) is 4.28. The van der Waals surface area contributed by atoms with Gasteiger partial charge in [-0.1, -0.05) is 6.07 Å². The molecular weight excluding hydrogens is 332 g/mol. The first-order valence-electron chi connectivity index (χ1n) is 8.31. The molecule has 0 aliphatic heterocycles. The Morgan fingerprint density at radius 2 is 1.77 bits per heavy atom. The molecule has 0 aliphatic carbocycles. The number of rotatable bonds is 3. The van der Waals surface area contributed by atoms with E-state index in [9.17, 15) is 9.59 Å². The van der Waals surface area contributed by atoms with Crippen LogP contribution < -0.4 is 16.0 Å². The molecule has 0 saturated carbocycles. The molecule has 0 bridgehead atoms. The highest BCUT2D eigenvalue weighted by Crippen LogP contribution is 2.27. The summed E-state index contributed by atoms with van der Waals surface area (Å²) in [4.78, 5) is 24.0. The quantitative estimate of drug-likeness (QED) is 0.517. The average molecular weight is 348 g/mol. The van der Waals surface area contributed by atoms with E-state index < -0.39 is 11.3 Å². The Kier molecular flexibility index (Phi) is 3.84. The van der Waals surface area contributed by atoms with Gasteiger partial charge in [0.25, 0.3) is 0 Å². The first-order valence-corrected chi connectivity index (χ1v) is 8.31. The summed E-state index contributed by atoms with van der Waals surface area (Å²) in [6.07, 6.45) is 0. The lowest BCUT2D eigenvalue weighted by Crippen LogP contribution is -2.03. The van der Waals surface area contributed by atoms with E-state index in [4.69, 9.17) is 13.6 Å². The van der Waals surface area contributed by atoms with Crippen molar-refractivity contribution >= 4 is 21.9 Å². The molecule has 5 heteroatoms. The maximum Gasteiger partial charge on any atom is 0.344 e. The lowest BCUT2D eigenvalue weighted by molar-refractivity contribution is 0.340. The van der Waals surface area contributed by atoms with Crippen LogP contribution in [0.2, 0.25) is 0 Å². The van der Waals surface area contributed by atoms with Gasteiger partial charge in [-0.3, -0.25) is 0 Å².